The topological polar surface area (TPSA) is 38.7 Å². The van der Waals surface area contributed by atoms with Crippen LogP contribution in [-0.4, -0.2) is 33.0 Å². The standard InChI is InChI=1S/C4H11BO3/c1-7-3-2-4-8-5-6/h5-6H,2-4H2,1H3. The van der Waals surface area contributed by atoms with Crippen LogP contribution in [0.1, 0.15) is 6.42 Å². The van der Waals surface area contributed by atoms with Crippen molar-refractivity contribution < 1.29 is 14.4 Å². The normalized spacial score (nSPS) is 9.25. The lowest BCUT2D eigenvalue weighted by molar-refractivity contribution is 0.168. The molecule has 0 aromatic rings. The molecule has 0 aliphatic rings. The molecule has 0 aromatic carbocycles. The lowest BCUT2D eigenvalue weighted by Gasteiger charge is -1.96. The zero-order valence-corrected chi connectivity index (χ0v) is 5.09. The maximum atomic E-state index is 8.10. The smallest absolute Gasteiger partial charge is 0.430 e. The summed E-state index contributed by atoms with van der Waals surface area (Å²) in [4.78, 5) is 0. The molecule has 0 unspecified atom stereocenters. The largest absolute Gasteiger partial charge is 0.435 e. The Bertz CT molecular complexity index is 36.3. The molecule has 0 spiro atoms. The molecule has 0 aliphatic carbocycles. The van der Waals surface area contributed by atoms with Crippen molar-refractivity contribution in [3.05, 3.63) is 0 Å². The van der Waals surface area contributed by atoms with Crippen LogP contribution in [0.5, 0.6) is 0 Å². The van der Waals surface area contributed by atoms with Gasteiger partial charge in [0.05, 0.1) is 0 Å². The van der Waals surface area contributed by atoms with Gasteiger partial charge in [0.25, 0.3) is 0 Å². The molecule has 0 atom stereocenters. The van der Waals surface area contributed by atoms with Crippen molar-refractivity contribution in [3.8, 4) is 0 Å². The fourth-order valence-electron chi connectivity index (χ4n) is 0.370. The summed E-state index contributed by atoms with van der Waals surface area (Å²) in [5.74, 6) is 0. The zero-order valence-electron chi connectivity index (χ0n) is 5.09. The first kappa shape index (κ1) is 7.94. The molecule has 1 N–H and O–H groups in total. The third-order valence-electron chi connectivity index (χ3n) is 0.728. The number of rotatable bonds is 5. The van der Waals surface area contributed by atoms with Crippen LogP contribution in [0.15, 0.2) is 0 Å². The minimum absolute atomic E-state index is 0.191. The van der Waals surface area contributed by atoms with Crippen molar-refractivity contribution in [1.29, 1.82) is 0 Å². The Morgan fingerprint density at radius 1 is 1.50 bits per heavy atom. The van der Waals surface area contributed by atoms with Crippen molar-refractivity contribution in [2.45, 2.75) is 6.42 Å². The second-order valence-corrected chi connectivity index (χ2v) is 1.38. The van der Waals surface area contributed by atoms with Crippen LogP contribution in [-0.2, 0) is 9.39 Å². The Balaban J connectivity index is 2.53. The van der Waals surface area contributed by atoms with E-state index in [1.54, 1.807) is 7.11 Å². The first-order chi connectivity index (χ1) is 3.91. The SMILES string of the molecule is COCCCOBO. The Labute approximate surface area is 49.9 Å². The molecule has 0 radical (unpaired) electrons. The van der Waals surface area contributed by atoms with Crippen LogP contribution in [0, 0.1) is 0 Å². The van der Waals surface area contributed by atoms with Gasteiger partial charge in [0.2, 0.25) is 0 Å². The van der Waals surface area contributed by atoms with Crippen LogP contribution in [0.25, 0.3) is 0 Å². The highest BCUT2D eigenvalue weighted by Crippen LogP contribution is 1.79. The predicted molar refractivity (Wildman–Crippen MR) is 31.8 cm³/mol. The summed E-state index contributed by atoms with van der Waals surface area (Å²) in [5, 5.41) is 8.10. The molecule has 0 saturated heterocycles. The van der Waals surface area contributed by atoms with Crippen molar-refractivity contribution in [1.82, 2.24) is 0 Å². The molecule has 0 rings (SSSR count). The van der Waals surface area contributed by atoms with Gasteiger partial charge in [-0.15, -0.1) is 0 Å². The van der Waals surface area contributed by atoms with E-state index in [4.69, 9.17) is 9.76 Å². The molecule has 0 bridgehead atoms. The van der Waals surface area contributed by atoms with Gasteiger partial charge in [-0.05, 0) is 6.42 Å². The lowest BCUT2D eigenvalue weighted by Crippen LogP contribution is -2.01. The summed E-state index contributed by atoms with van der Waals surface area (Å²) in [7, 11) is 1.45. The number of ether oxygens (including phenoxy) is 1. The van der Waals surface area contributed by atoms with Gasteiger partial charge in [-0.25, -0.2) is 0 Å². The fraction of sp³-hybridized carbons (Fsp3) is 1.00. The third kappa shape index (κ3) is 5.94. The van der Waals surface area contributed by atoms with Crippen molar-refractivity contribution in [2.24, 2.45) is 0 Å². The summed E-state index contributed by atoms with van der Waals surface area (Å²) in [6.07, 6.45) is 0.844. The molecule has 0 aliphatic heterocycles. The van der Waals surface area contributed by atoms with Crippen molar-refractivity contribution in [2.75, 3.05) is 20.3 Å². The van der Waals surface area contributed by atoms with E-state index in [9.17, 15) is 0 Å². The van der Waals surface area contributed by atoms with Gasteiger partial charge in [-0.2, -0.15) is 0 Å². The lowest BCUT2D eigenvalue weighted by atomic mass is 10.4. The average Bonchev–Trinajstić information content (AvgIpc) is 1.81. The average molecular weight is 118 g/mol. The number of methoxy groups -OCH3 is 1. The quantitative estimate of drug-likeness (QED) is 0.383. The monoisotopic (exact) mass is 118 g/mol. The fourth-order valence-corrected chi connectivity index (χ4v) is 0.370. The first-order valence-corrected chi connectivity index (χ1v) is 2.59. The molecule has 4 heteroatoms. The molecule has 8 heavy (non-hydrogen) atoms. The van der Waals surface area contributed by atoms with E-state index in [0.717, 1.165) is 6.42 Å². The van der Waals surface area contributed by atoms with Gasteiger partial charge in [-0.1, -0.05) is 0 Å². The van der Waals surface area contributed by atoms with Crippen LogP contribution in [0.3, 0.4) is 0 Å². The number of hydrogen-bond donors (Lipinski definition) is 1. The molecule has 48 valence electrons. The minimum atomic E-state index is -0.191. The minimum Gasteiger partial charge on any atom is -0.430 e. The molecule has 3 nitrogen and oxygen atoms in total. The summed E-state index contributed by atoms with van der Waals surface area (Å²) in [6, 6.07) is 0. The van der Waals surface area contributed by atoms with Gasteiger partial charge in [-0.3, -0.25) is 0 Å². The third-order valence-corrected chi connectivity index (χ3v) is 0.728. The highest BCUT2D eigenvalue weighted by Gasteiger charge is 1.85. The van der Waals surface area contributed by atoms with Crippen LogP contribution in [0.2, 0.25) is 0 Å². The Hall–Kier alpha value is -0.0551. The van der Waals surface area contributed by atoms with E-state index in [2.05, 4.69) is 4.65 Å². The Kier molecular flexibility index (Phi) is 6.90. The zero-order chi connectivity index (χ0) is 6.24. The molecule has 0 amide bonds. The van der Waals surface area contributed by atoms with Gasteiger partial charge in [0, 0.05) is 20.3 Å². The van der Waals surface area contributed by atoms with Crippen molar-refractivity contribution >= 4 is 7.69 Å². The van der Waals surface area contributed by atoms with Crippen LogP contribution < -0.4 is 0 Å². The molecular weight excluding hydrogens is 107 g/mol. The Morgan fingerprint density at radius 3 is 2.75 bits per heavy atom. The second kappa shape index (κ2) is 6.94. The van der Waals surface area contributed by atoms with Gasteiger partial charge >= 0.3 is 7.69 Å². The van der Waals surface area contributed by atoms with Crippen molar-refractivity contribution in [3.63, 3.8) is 0 Å². The second-order valence-electron chi connectivity index (χ2n) is 1.38. The predicted octanol–water partition coefficient (Wildman–Crippen LogP) is -0.702. The molecule has 0 saturated carbocycles. The highest BCUT2D eigenvalue weighted by molar-refractivity contribution is 6.15. The van der Waals surface area contributed by atoms with Crippen LogP contribution >= 0.6 is 0 Å². The van der Waals surface area contributed by atoms with Crippen LogP contribution in [0.4, 0.5) is 0 Å². The van der Waals surface area contributed by atoms with E-state index in [-0.39, 0.29) is 7.69 Å². The van der Waals surface area contributed by atoms with Gasteiger partial charge in [0.15, 0.2) is 0 Å². The molecule has 0 aromatic heterocycles. The van der Waals surface area contributed by atoms with E-state index in [1.165, 1.54) is 0 Å². The molecular formula is C4H11BO3. The molecule has 0 fully saturated rings. The summed E-state index contributed by atoms with van der Waals surface area (Å²) in [5.41, 5.74) is 0. The van der Waals surface area contributed by atoms with E-state index < -0.39 is 0 Å². The summed E-state index contributed by atoms with van der Waals surface area (Å²) in [6.45, 7) is 1.27. The summed E-state index contributed by atoms with van der Waals surface area (Å²) >= 11 is 0. The summed E-state index contributed by atoms with van der Waals surface area (Å²) < 4.78 is 9.34. The van der Waals surface area contributed by atoms with E-state index >= 15 is 0 Å². The van der Waals surface area contributed by atoms with Gasteiger partial charge in [0.1, 0.15) is 0 Å². The van der Waals surface area contributed by atoms with E-state index in [1.807, 2.05) is 0 Å². The Morgan fingerprint density at radius 2 is 2.25 bits per heavy atom. The maximum absolute atomic E-state index is 8.10. The molecule has 0 heterocycles. The first-order valence-electron chi connectivity index (χ1n) is 2.59. The van der Waals surface area contributed by atoms with E-state index in [0.29, 0.717) is 13.2 Å². The van der Waals surface area contributed by atoms with Gasteiger partial charge < -0.3 is 14.4 Å². The number of hydrogen-bond acceptors (Lipinski definition) is 3. The maximum Gasteiger partial charge on any atom is 0.435 e. The highest BCUT2D eigenvalue weighted by atomic mass is 16.5.